The van der Waals surface area contributed by atoms with Crippen LogP contribution >= 0.6 is 0 Å². The van der Waals surface area contributed by atoms with Crippen LogP contribution < -0.4 is 11.1 Å². The molecule has 3 N–H and O–H groups in total. The summed E-state index contributed by atoms with van der Waals surface area (Å²) < 4.78 is 0. The molecule has 0 rings (SSSR count). The molecule has 0 atom stereocenters. The van der Waals surface area contributed by atoms with E-state index in [1.165, 1.54) is 4.90 Å². The molecule has 0 bridgehead atoms. The molecule has 15 heavy (non-hydrogen) atoms. The van der Waals surface area contributed by atoms with Crippen molar-refractivity contribution in [1.29, 1.82) is 0 Å². The standard InChI is InChI=1S/C9H17N3O3/c1-2-11-8(14)7-12(5-6-13)9(15)3-4-10/h6H,2-5,7,10H2,1H3,(H,11,14). The van der Waals surface area contributed by atoms with Crippen molar-refractivity contribution in [3.63, 3.8) is 0 Å². The molecule has 6 heteroatoms. The molecule has 0 aliphatic rings. The highest BCUT2D eigenvalue weighted by Crippen LogP contribution is 1.92. The number of nitrogens with zero attached hydrogens (tertiary/aromatic N) is 1. The van der Waals surface area contributed by atoms with Crippen LogP contribution in [0, 0.1) is 0 Å². The Bertz CT molecular complexity index is 231. The first kappa shape index (κ1) is 13.6. The first-order chi connectivity index (χ1) is 7.15. The van der Waals surface area contributed by atoms with E-state index in [-0.39, 0.29) is 37.9 Å². The van der Waals surface area contributed by atoms with E-state index < -0.39 is 0 Å². The predicted octanol–water partition coefficient (Wildman–Crippen LogP) is -1.50. The van der Waals surface area contributed by atoms with Gasteiger partial charge in [0.1, 0.15) is 6.29 Å². The first-order valence-electron chi connectivity index (χ1n) is 4.83. The van der Waals surface area contributed by atoms with Gasteiger partial charge in [0.25, 0.3) is 0 Å². The maximum absolute atomic E-state index is 11.4. The molecule has 0 saturated carbocycles. The zero-order valence-corrected chi connectivity index (χ0v) is 8.86. The van der Waals surface area contributed by atoms with Gasteiger partial charge < -0.3 is 20.7 Å². The lowest BCUT2D eigenvalue weighted by atomic mass is 10.3. The number of carbonyl (C=O) groups is 3. The Morgan fingerprint density at radius 2 is 2.13 bits per heavy atom. The van der Waals surface area contributed by atoms with Gasteiger partial charge in [-0.2, -0.15) is 0 Å². The van der Waals surface area contributed by atoms with E-state index in [0.29, 0.717) is 12.8 Å². The molecule has 0 aliphatic carbocycles. The highest BCUT2D eigenvalue weighted by atomic mass is 16.2. The molecule has 0 aromatic carbocycles. The summed E-state index contributed by atoms with van der Waals surface area (Å²) in [6.07, 6.45) is 0.737. The van der Waals surface area contributed by atoms with Crippen LogP contribution in [0.3, 0.4) is 0 Å². The Morgan fingerprint density at radius 3 is 2.60 bits per heavy atom. The van der Waals surface area contributed by atoms with Gasteiger partial charge in [-0.05, 0) is 6.92 Å². The predicted molar refractivity (Wildman–Crippen MR) is 55.0 cm³/mol. The Hall–Kier alpha value is -1.43. The van der Waals surface area contributed by atoms with Crippen molar-refractivity contribution >= 4 is 18.1 Å². The molecule has 0 unspecified atom stereocenters. The normalized spacial score (nSPS) is 9.47. The van der Waals surface area contributed by atoms with Crippen LogP contribution in [0.25, 0.3) is 0 Å². The van der Waals surface area contributed by atoms with Crippen LogP contribution in [0.4, 0.5) is 0 Å². The molecule has 86 valence electrons. The molecule has 0 radical (unpaired) electrons. The van der Waals surface area contributed by atoms with E-state index >= 15 is 0 Å². The second-order valence-electron chi connectivity index (χ2n) is 2.93. The Morgan fingerprint density at radius 1 is 1.47 bits per heavy atom. The summed E-state index contributed by atoms with van der Waals surface area (Å²) in [5.41, 5.74) is 5.22. The molecule has 2 amide bonds. The van der Waals surface area contributed by atoms with E-state index in [9.17, 15) is 14.4 Å². The van der Waals surface area contributed by atoms with Crippen molar-refractivity contribution in [3.05, 3.63) is 0 Å². The van der Waals surface area contributed by atoms with Crippen LogP contribution in [-0.4, -0.2) is 49.2 Å². The second-order valence-corrected chi connectivity index (χ2v) is 2.93. The van der Waals surface area contributed by atoms with Crippen molar-refractivity contribution in [2.75, 3.05) is 26.2 Å². The highest BCUT2D eigenvalue weighted by Gasteiger charge is 2.15. The fourth-order valence-electron chi connectivity index (χ4n) is 1.05. The van der Waals surface area contributed by atoms with Crippen LogP contribution in [0.1, 0.15) is 13.3 Å². The maximum atomic E-state index is 11.4. The molecule has 0 spiro atoms. The molecule has 0 aromatic heterocycles. The summed E-state index contributed by atoms with van der Waals surface area (Å²) in [4.78, 5) is 34.1. The molecule has 0 heterocycles. The number of rotatable bonds is 7. The quantitative estimate of drug-likeness (QED) is 0.505. The third kappa shape index (κ3) is 5.79. The van der Waals surface area contributed by atoms with Crippen molar-refractivity contribution < 1.29 is 14.4 Å². The molecule has 0 aromatic rings. The smallest absolute Gasteiger partial charge is 0.239 e. The number of hydrogen-bond acceptors (Lipinski definition) is 4. The second kappa shape index (κ2) is 7.93. The number of hydrogen-bond donors (Lipinski definition) is 2. The molecule has 6 nitrogen and oxygen atoms in total. The Labute approximate surface area is 88.8 Å². The average Bonchev–Trinajstić information content (AvgIpc) is 2.18. The first-order valence-corrected chi connectivity index (χ1v) is 4.83. The van der Waals surface area contributed by atoms with Crippen LogP contribution in [0.15, 0.2) is 0 Å². The van der Waals surface area contributed by atoms with Gasteiger partial charge in [0, 0.05) is 19.5 Å². The van der Waals surface area contributed by atoms with E-state index in [2.05, 4.69) is 5.32 Å². The lowest BCUT2D eigenvalue weighted by Gasteiger charge is -2.18. The third-order valence-electron chi connectivity index (χ3n) is 1.71. The van der Waals surface area contributed by atoms with Crippen molar-refractivity contribution in [3.8, 4) is 0 Å². The summed E-state index contributed by atoms with van der Waals surface area (Å²) in [6.45, 7) is 2.33. The van der Waals surface area contributed by atoms with Gasteiger partial charge in [0.2, 0.25) is 11.8 Å². The summed E-state index contributed by atoms with van der Waals surface area (Å²) >= 11 is 0. The van der Waals surface area contributed by atoms with Crippen molar-refractivity contribution in [1.82, 2.24) is 10.2 Å². The number of aldehydes is 1. The SMILES string of the molecule is CCNC(=O)CN(CC=O)C(=O)CCN. The van der Waals surface area contributed by atoms with E-state index in [1.807, 2.05) is 0 Å². The number of likely N-dealkylation sites (N-methyl/N-ethyl adjacent to an activating group) is 1. The van der Waals surface area contributed by atoms with Gasteiger partial charge in [-0.15, -0.1) is 0 Å². The molecular weight excluding hydrogens is 198 g/mol. The lowest BCUT2D eigenvalue weighted by molar-refractivity contribution is -0.137. The number of amides is 2. The molecule has 0 fully saturated rings. The number of carbonyl (C=O) groups excluding carboxylic acids is 3. The van der Waals surface area contributed by atoms with Gasteiger partial charge in [-0.3, -0.25) is 9.59 Å². The third-order valence-corrected chi connectivity index (χ3v) is 1.71. The minimum Gasteiger partial charge on any atom is -0.355 e. The van der Waals surface area contributed by atoms with E-state index in [1.54, 1.807) is 6.92 Å². The molecule has 0 saturated heterocycles. The summed E-state index contributed by atoms with van der Waals surface area (Å²) in [5, 5.41) is 2.55. The summed E-state index contributed by atoms with van der Waals surface area (Å²) in [6, 6.07) is 0. The largest absolute Gasteiger partial charge is 0.355 e. The molecular formula is C9H17N3O3. The highest BCUT2D eigenvalue weighted by molar-refractivity contribution is 5.86. The van der Waals surface area contributed by atoms with Crippen LogP contribution in [-0.2, 0) is 14.4 Å². The van der Waals surface area contributed by atoms with Crippen molar-refractivity contribution in [2.45, 2.75) is 13.3 Å². The Balaban J connectivity index is 4.19. The summed E-state index contributed by atoms with van der Waals surface area (Å²) in [5.74, 6) is -0.555. The number of nitrogens with one attached hydrogen (secondary N) is 1. The average molecular weight is 215 g/mol. The zero-order chi connectivity index (χ0) is 11.7. The minimum atomic E-state index is -0.282. The summed E-state index contributed by atoms with van der Waals surface area (Å²) in [7, 11) is 0. The zero-order valence-electron chi connectivity index (χ0n) is 8.86. The monoisotopic (exact) mass is 215 g/mol. The van der Waals surface area contributed by atoms with Crippen LogP contribution in [0.2, 0.25) is 0 Å². The van der Waals surface area contributed by atoms with Gasteiger partial charge in [-0.1, -0.05) is 0 Å². The van der Waals surface area contributed by atoms with Crippen molar-refractivity contribution in [2.24, 2.45) is 5.73 Å². The molecule has 0 aliphatic heterocycles. The van der Waals surface area contributed by atoms with Crippen LogP contribution in [0.5, 0.6) is 0 Å². The topological polar surface area (TPSA) is 92.5 Å². The van der Waals surface area contributed by atoms with E-state index in [0.717, 1.165) is 0 Å². The number of nitrogens with two attached hydrogens (primary N) is 1. The maximum Gasteiger partial charge on any atom is 0.239 e. The lowest BCUT2D eigenvalue weighted by Crippen LogP contribution is -2.42. The van der Waals surface area contributed by atoms with Gasteiger partial charge in [0.15, 0.2) is 0 Å². The Kier molecular flexibility index (Phi) is 7.17. The fraction of sp³-hybridized carbons (Fsp3) is 0.667. The minimum absolute atomic E-state index is 0.0734. The van der Waals surface area contributed by atoms with Gasteiger partial charge in [-0.25, -0.2) is 0 Å². The van der Waals surface area contributed by atoms with Gasteiger partial charge in [0.05, 0.1) is 13.1 Å². The fourth-order valence-corrected chi connectivity index (χ4v) is 1.05. The van der Waals surface area contributed by atoms with Gasteiger partial charge >= 0.3 is 0 Å². The van der Waals surface area contributed by atoms with E-state index in [4.69, 9.17) is 5.73 Å².